The molecule has 0 radical (unpaired) electrons. The molecule has 2 atom stereocenters. The lowest BCUT2D eigenvalue weighted by Gasteiger charge is -2.36. The first kappa shape index (κ1) is 17.2. The van der Waals surface area contributed by atoms with Crippen LogP contribution >= 0.6 is 0 Å². The van der Waals surface area contributed by atoms with Crippen molar-refractivity contribution in [1.82, 2.24) is 4.90 Å². The van der Waals surface area contributed by atoms with Crippen molar-refractivity contribution in [3.05, 3.63) is 70.3 Å². The van der Waals surface area contributed by atoms with Gasteiger partial charge in [-0.05, 0) is 61.8 Å². The molecule has 2 heteroatoms. The molecule has 0 aromatic heterocycles. The third-order valence-electron chi connectivity index (χ3n) is 5.27. The Balaban J connectivity index is 1.64. The lowest BCUT2D eigenvalue weighted by molar-refractivity contribution is 0.149. The van der Waals surface area contributed by atoms with Crippen molar-refractivity contribution in [2.45, 2.75) is 46.2 Å². The van der Waals surface area contributed by atoms with E-state index in [2.05, 4.69) is 68.1 Å². The molecule has 2 unspecified atom stereocenters. The molecule has 2 nitrogen and oxygen atoms in total. The van der Waals surface area contributed by atoms with Crippen LogP contribution in [-0.4, -0.2) is 24.0 Å². The minimum absolute atomic E-state index is 0.292. The Labute approximate surface area is 146 Å². The molecule has 1 saturated heterocycles. The van der Waals surface area contributed by atoms with Crippen LogP contribution in [0.15, 0.2) is 42.5 Å². The largest absolute Gasteiger partial charge is 0.327 e. The van der Waals surface area contributed by atoms with Gasteiger partial charge in [-0.2, -0.15) is 0 Å². The molecule has 2 aromatic rings. The van der Waals surface area contributed by atoms with E-state index in [4.69, 9.17) is 5.73 Å². The molecule has 24 heavy (non-hydrogen) atoms. The smallest absolute Gasteiger partial charge is 0.0234 e. The fourth-order valence-corrected chi connectivity index (χ4v) is 3.84. The summed E-state index contributed by atoms with van der Waals surface area (Å²) in [5.74, 6) is 0.654. The summed E-state index contributed by atoms with van der Waals surface area (Å²) in [6.07, 6.45) is 2.27. The van der Waals surface area contributed by atoms with Gasteiger partial charge in [0.25, 0.3) is 0 Å². The number of aryl methyl sites for hydroxylation is 3. The van der Waals surface area contributed by atoms with Crippen LogP contribution in [0.2, 0.25) is 0 Å². The summed E-state index contributed by atoms with van der Waals surface area (Å²) in [6.45, 7) is 9.69. The molecular weight excluding hydrogens is 292 g/mol. The molecule has 1 heterocycles. The van der Waals surface area contributed by atoms with E-state index in [0.717, 1.165) is 32.5 Å². The predicted octanol–water partition coefficient (Wildman–Crippen LogP) is 4.00. The van der Waals surface area contributed by atoms with Gasteiger partial charge in [-0.25, -0.2) is 0 Å². The number of hydrogen-bond donors (Lipinski definition) is 1. The fourth-order valence-electron chi connectivity index (χ4n) is 3.84. The van der Waals surface area contributed by atoms with Gasteiger partial charge in [-0.1, -0.05) is 48.0 Å². The summed E-state index contributed by atoms with van der Waals surface area (Å²) in [6, 6.07) is 16.1. The number of likely N-dealkylation sites (tertiary alicyclic amines) is 1. The van der Waals surface area contributed by atoms with Crippen LogP contribution in [-0.2, 0) is 13.0 Å². The Kier molecular flexibility index (Phi) is 5.37. The molecule has 2 aromatic carbocycles. The minimum atomic E-state index is 0.292. The molecule has 0 amide bonds. The molecular formula is C22H30N2. The number of nitrogens with zero attached hydrogens (tertiary/aromatic N) is 1. The molecule has 128 valence electrons. The van der Waals surface area contributed by atoms with Gasteiger partial charge in [0.15, 0.2) is 0 Å². The van der Waals surface area contributed by atoms with Crippen molar-refractivity contribution in [2.75, 3.05) is 13.1 Å². The lowest BCUT2D eigenvalue weighted by atomic mass is 9.88. The highest BCUT2D eigenvalue weighted by Gasteiger charge is 2.25. The van der Waals surface area contributed by atoms with E-state index in [1.807, 2.05) is 0 Å². The van der Waals surface area contributed by atoms with Gasteiger partial charge in [0.1, 0.15) is 0 Å². The summed E-state index contributed by atoms with van der Waals surface area (Å²) in [4.78, 5) is 2.53. The van der Waals surface area contributed by atoms with Crippen molar-refractivity contribution in [3.63, 3.8) is 0 Å². The quantitative estimate of drug-likeness (QED) is 0.922. The van der Waals surface area contributed by atoms with Gasteiger partial charge in [0.05, 0.1) is 0 Å². The fraction of sp³-hybridized carbons (Fsp3) is 0.455. The number of piperidine rings is 1. The minimum Gasteiger partial charge on any atom is -0.327 e. The Bertz CT molecular complexity index is 675. The van der Waals surface area contributed by atoms with E-state index in [1.165, 1.54) is 27.8 Å². The molecule has 1 aliphatic heterocycles. The van der Waals surface area contributed by atoms with Gasteiger partial charge >= 0.3 is 0 Å². The second kappa shape index (κ2) is 7.50. The Hall–Kier alpha value is -1.64. The third kappa shape index (κ3) is 4.46. The van der Waals surface area contributed by atoms with Gasteiger partial charge < -0.3 is 5.73 Å². The summed E-state index contributed by atoms with van der Waals surface area (Å²) in [7, 11) is 0. The molecule has 2 N–H and O–H groups in total. The Morgan fingerprint density at radius 2 is 1.62 bits per heavy atom. The molecule has 0 spiro atoms. The molecule has 0 aliphatic carbocycles. The zero-order valence-electron chi connectivity index (χ0n) is 15.3. The average Bonchev–Trinajstić information content (AvgIpc) is 2.53. The molecule has 0 bridgehead atoms. The van der Waals surface area contributed by atoms with Gasteiger partial charge in [-0.15, -0.1) is 0 Å². The van der Waals surface area contributed by atoms with Crippen molar-refractivity contribution in [2.24, 2.45) is 11.7 Å². The lowest BCUT2D eigenvalue weighted by Crippen LogP contribution is -2.47. The standard InChI is InChI=1S/C22H30N2/c1-16-4-7-19(8-5-16)13-24-14-21(12-22(23)15-24)11-20-9-6-17(2)18(3)10-20/h4-10,21-22H,11-15,23H2,1-3H3. The monoisotopic (exact) mass is 322 g/mol. The topological polar surface area (TPSA) is 29.3 Å². The van der Waals surface area contributed by atoms with Crippen LogP contribution in [0.25, 0.3) is 0 Å². The van der Waals surface area contributed by atoms with Crippen LogP contribution in [0.5, 0.6) is 0 Å². The van der Waals surface area contributed by atoms with E-state index < -0.39 is 0 Å². The number of nitrogens with two attached hydrogens (primary N) is 1. The van der Waals surface area contributed by atoms with Crippen LogP contribution in [0.4, 0.5) is 0 Å². The maximum atomic E-state index is 6.36. The maximum Gasteiger partial charge on any atom is 0.0234 e. The molecule has 0 saturated carbocycles. The molecule has 1 fully saturated rings. The first-order chi connectivity index (χ1) is 11.5. The van der Waals surface area contributed by atoms with Crippen LogP contribution < -0.4 is 5.73 Å². The van der Waals surface area contributed by atoms with Crippen molar-refractivity contribution < 1.29 is 0 Å². The number of hydrogen-bond acceptors (Lipinski definition) is 2. The normalized spacial score (nSPS) is 21.8. The zero-order valence-corrected chi connectivity index (χ0v) is 15.3. The van der Waals surface area contributed by atoms with Gasteiger partial charge in [0, 0.05) is 25.7 Å². The highest BCUT2D eigenvalue weighted by molar-refractivity contribution is 5.30. The van der Waals surface area contributed by atoms with Crippen LogP contribution in [0.3, 0.4) is 0 Å². The highest BCUT2D eigenvalue weighted by atomic mass is 15.1. The predicted molar refractivity (Wildman–Crippen MR) is 102 cm³/mol. The second-order valence-electron chi connectivity index (χ2n) is 7.66. The molecule has 1 aliphatic rings. The number of rotatable bonds is 4. The van der Waals surface area contributed by atoms with E-state index in [-0.39, 0.29) is 0 Å². The second-order valence-corrected chi connectivity index (χ2v) is 7.66. The first-order valence-electron chi connectivity index (χ1n) is 9.09. The first-order valence-corrected chi connectivity index (χ1v) is 9.09. The summed E-state index contributed by atoms with van der Waals surface area (Å²) in [5.41, 5.74) is 13.3. The number of benzene rings is 2. The van der Waals surface area contributed by atoms with E-state index >= 15 is 0 Å². The van der Waals surface area contributed by atoms with Crippen molar-refractivity contribution in [1.29, 1.82) is 0 Å². The zero-order chi connectivity index (χ0) is 17.1. The summed E-state index contributed by atoms with van der Waals surface area (Å²) in [5, 5.41) is 0. The summed E-state index contributed by atoms with van der Waals surface area (Å²) < 4.78 is 0. The Morgan fingerprint density at radius 3 is 2.33 bits per heavy atom. The van der Waals surface area contributed by atoms with Crippen molar-refractivity contribution in [3.8, 4) is 0 Å². The molecule has 3 rings (SSSR count). The Morgan fingerprint density at radius 1 is 0.917 bits per heavy atom. The van der Waals surface area contributed by atoms with Crippen LogP contribution in [0.1, 0.15) is 34.2 Å². The van der Waals surface area contributed by atoms with Crippen molar-refractivity contribution >= 4 is 0 Å². The average molecular weight is 322 g/mol. The van der Waals surface area contributed by atoms with Gasteiger partial charge in [-0.3, -0.25) is 4.90 Å². The van der Waals surface area contributed by atoms with Gasteiger partial charge in [0.2, 0.25) is 0 Å². The van der Waals surface area contributed by atoms with E-state index in [9.17, 15) is 0 Å². The van der Waals surface area contributed by atoms with E-state index in [1.54, 1.807) is 0 Å². The highest BCUT2D eigenvalue weighted by Crippen LogP contribution is 2.23. The van der Waals surface area contributed by atoms with E-state index in [0.29, 0.717) is 12.0 Å². The third-order valence-corrected chi connectivity index (χ3v) is 5.27. The summed E-state index contributed by atoms with van der Waals surface area (Å²) >= 11 is 0. The SMILES string of the molecule is Cc1ccc(CN2CC(N)CC(Cc3ccc(C)c(C)c3)C2)cc1. The maximum absolute atomic E-state index is 6.36. The van der Waals surface area contributed by atoms with Crippen LogP contribution in [0, 0.1) is 26.7 Å².